The van der Waals surface area contributed by atoms with Crippen LogP contribution >= 0.6 is 34.2 Å². The lowest BCUT2D eigenvalue weighted by Crippen LogP contribution is -2.03. The number of nitrogens with zero attached hydrogens (tertiary/aromatic N) is 2. The highest BCUT2D eigenvalue weighted by Gasteiger charge is 2.11. The fourth-order valence-electron chi connectivity index (χ4n) is 1.70. The Bertz CT molecular complexity index is 580. The molecule has 18 heavy (non-hydrogen) atoms. The molecular weight excluding hydrogens is 363 g/mol. The summed E-state index contributed by atoms with van der Waals surface area (Å²) in [6.45, 7) is 0. The van der Waals surface area contributed by atoms with Crippen molar-refractivity contribution in [2.75, 3.05) is 0 Å². The molecule has 0 saturated carbocycles. The van der Waals surface area contributed by atoms with Crippen LogP contribution in [0.2, 0.25) is 5.02 Å². The van der Waals surface area contributed by atoms with Crippen molar-refractivity contribution >= 4 is 40.0 Å². The van der Waals surface area contributed by atoms with E-state index >= 15 is 0 Å². The summed E-state index contributed by atoms with van der Waals surface area (Å²) in [6.07, 6.45) is 4.89. The maximum Gasteiger partial charge on any atom is 0.164 e. The summed E-state index contributed by atoms with van der Waals surface area (Å²) < 4.78 is 2.68. The molecule has 1 aromatic carbocycles. The quantitative estimate of drug-likeness (QED) is 0.606. The molecule has 94 valence electrons. The minimum Gasteiger partial charge on any atom is -0.294 e. The van der Waals surface area contributed by atoms with Gasteiger partial charge in [0.05, 0.1) is 6.20 Å². The van der Waals surface area contributed by atoms with Crippen LogP contribution in [0.25, 0.3) is 0 Å². The van der Waals surface area contributed by atoms with Gasteiger partial charge in [0.25, 0.3) is 0 Å². The Morgan fingerprint density at radius 2 is 2.28 bits per heavy atom. The highest BCUT2D eigenvalue weighted by Crippen LogP contribution is 2.20. The Labute approximate surface area is 124 Å². The molecule has 0 aliphatic rings. The predicted octanol–water partition coefficient (Wildman–Crippen LogP) is 3.49. The van der Waals surface area contributed by atoms with Gasteiger partial charge >= 0.3 is 0 Å². The predicted molar refractivity (Wildman–Crippen MR) is 80.0 cm³/mol. The van der Waals surface area contributed by atoms with E-state index in [1.807, 2.05) is 19.3 Å². The number of hydrogen-bond donors (Lipinski definition) is 0. The van der Waals surface area contributed by atoms with Gasteiger partial charge in [0.2, 0.25) is 0 Å². The van der Waals surface area contributed by atoms with E-state index in [4.69, 9.17) is 11.6 Å². The first-order chi connectivity index (χ1) is 8.56. The van der Waals surface area contributed by atoms with E-state index in [-0.39, 0.29) is 5.78 Å². The summed E-state index contributed by atoms with van der Waals surface area (Å²) in [5, 5.41) is 4.68. The number of ketones is 1. The van der Waals surface area contributed by atoms with Gasteiger partial charge in [-0.05, 0) is 52.8 Å². The third-order valence-electron chi connectivity index (χ3n) is 2.63. The first-order valence-electron chi connectivity index (χ1n) is 5.52. The molecular formula is C13H12ClIN2O. The summed E-state index contributed by atoms with van der Waals surface area (Å²) in [7, 11) is 1.87. The summed E-state index contributed by atoms with van der Waals surface area (Å²) in [6, 6.07) is 5.39. The molecule has 0 saturated heterocycles. The average molecular weight is 375 g/mol. The second-order valence-electron chi connectivity index (χ2n) is 4.07. The number of benzene rings is 1. The standard InChI is InChI=1S/C13H12ClIN2O/c1-17-8-9(7-16-17)2-5-13(18)11-6-10(14)3-4-12(11)15/h3-4,6-8H,2,5H2,1H3. The molecule has 0 amide bonds. The molecule has 0 spiro atoms. The van der Waals surface area contributed by atoms with Crippen LogP contribution in [0, 0.1) is 3.57 Å². The molecule has 0 aliphatic carbocycles. The van der Waals surface area contributed by atoms with Crippen molar-refractivity contribution in [2.24, 2.45) is 7.05 Å². The minimum absolute atomic E-state index is 0.116. The SMILES string of the molecule is Cn1cc(CCC(=O)c2cc(Cl)ccc2I)cn1. The third-order valence-corrected chi connectivity index (χ3v) is 3.80. The molecule has 2 aromatic rings. The zero-order chi connectivity index (χ0) is 13.1. The summed E-state index contributed by atoms with van der Waals surface area (Å²) in [5.74, 6) is 0.116. The van der Waals surface area contributed by atoms with Crippen LogP contribution in [-0.2, 0) is 13.5 Å². The van der Waals surface area contributed by atoms with Crippen molar-refractivity contribution in [3.05, 3.63) is 50.3 Å². The largest absolute Gasteiger partial charge is 0.294 e. The van der Waals surface area contributed by atoms with Crippen molar-refractivity contribution in [1.82, 2.24) is 9.78 Å². The van der Waals surface area contributed by atoms with Gasteiger partial charge in [-0.25, -0.2) is 0 Å². The van der Waals surface area contributed by atoms with E-state index in [0.29, 0.717) is 23.4 Å². The van der Waals surface area contributed by atoms with Crippen molar-refractivity contribution in [3.8, 4) is 0 Å². The molecule has 0 radical (unpaired) electrons. The molecule has 3 nitrogen and oxygen atoms in total. The lowest BCUT2D eigenvalue weighted by Gasteiger charge is -2.03. The van der Waals surface area contributed by atoms with Crippen LogP contribution in [0.4, 0.5) is 0 Å². The molecule has 0 unspecified atom stereocenters. The fourth-order valence-corrected chi connectivity index (χ4v) is 2.51. The summed E-state index contributed by atoms with van der Waals surface area (Å²) >= 11 is 8.07. The Morgan fingerprint density at radius 1 is 1.50 bits per heavy atom. The normalized spacial score (nSPS) is 10.6. The molecule has 1 heterocycles. The number of aromatic nitrogens is 2. The summed E-state index contributed by atoms with van der Waals surface area (Å²) in [4.78, 5) is 12.1. The second kappa shape index (κ2) is 5.84. The van der Waals surface area contributed by atoms with Crippen LogP contribution in [0.3, 0.4) is 0 Å². The fraction of sp³-hybridized carbons (Fsp3) is 0.231. The monoisotopic (exact) mass is 374 g/mol. The second-order valence-corrected chi connectivity index (χ2v) is 5.67. The zero-order valence-corrected chi connectivity index (χ0v) is 12.8. The molecule has 5 heteroatoms. The van der Waals surface area contributed by atoms with Crippen LogP contribution in [0.1, 0.15) is 22.3 Å². The van der Waals surface area contributed by atoms with Gasteiger partial charge < -0.3 is 0 Å². The van der Waals surface area contributed by atoms with Crippen molar-refractivity contribution in [2.45, 2.75) is 12.8 Å². The van der Waals surface area contributed by atoms with Crippen LogP contribution in [0.5, 0.6) is 0 Å². The molecule has 2 rings (SSSR count). The van der Waals surface area contributed by atoms with Gasteiger partial charge in [0.15, 0.2) is 5.78 Å². The number of carbonyl (C=O) groups is 1. The highest BCUT2D eigenvalue weighted by atomic mass is 127. The van der Waals surface area contributed by atoms with Gasteiger partial charge in [0, 0.05) is 33.8 Å². The van der Waals surface area contributed by atoms with E-state index in [0.717, 1.165) is 9.13 Å². The third kappa shape index (κ3) is 3.32. The maximum absolute atomic E-state index is 12.1. The Balaban J connectivity index is 2.05. The highest BCUT2D eigenvalue weighted by molar-refractivity contribution is 14.1. The van der Waals surface area contributed by atoms with Gasteiger partial charge in [-0.2, -0.15) is 5.10 Å². The van der Waals surface area contributed by atoms with E-state index in [1.165, 1.54) is 0 Å². The Morgan fingerprint density at radius 3 is 2.94 bits per heavy atom. The zero-order valence-electron chi connectivity index (χ0n) is 9.86. The maximum atomic E-state index is 12.1. The number of halogens is 2. The van der Waals surface area contributed by atoms with Crippen LogP contribution < -0.4 is 0 Å². The van der Waals surface area contributed by atoms with Gasteiger partial charge in [-0.1, -0.05) is 11.6 Å². The molecule has 0 N–H and O–H groups in total. The summed E-state index contributed by atoms with van der Waals surface area (Å²) in [5.41, 5.74) is 1.77. The van der Waals surface area contributed by atoms with Crippen molar-refractivity contribution < 1.29 is 4.79 Å². The van der Waals surface area contributed by atoms with E-state index in [2.05, 4.69) is 27.7 Å². The van der Waals surface area contributed by atoms with E-state index in [9.17, 15) is 4.79 Å². The van der Waals surface area contributed by atoms with E-state index < -0.39 is 0 Å². The van der Waals surface area contributed by atoms with Gasteiger partial charge in [0.1, 0.15) is 0 Å². The average Bonchev–Trinajstić information content (AvgIpc) is 2.75. The van der Waals surface area contributed by atoms with Gasteiger partial charge in [-0.3, -0.25) is 9.48 Å². The number of aryl methyl sites for hydroxylation is 2. The molecule has 1 aromatic heterocycles. The lowest BCUT2D eigenvalue weighted by molar-refractivity contribution is 0.0982. The first kappa shape index (κ1) is 13.5. The van der Waals surface area contributed by atoms with Crippen molar-refractivity contribution in [1.29, 1.82) is 0 Å². The number of hydrogen-bond acceptors (Lipinski definition) is 2. The molecule has 0 atom stereocenters. The van der Waals surface area contributed by atoms with Crippen molar-refractivity contribution in [3.63, 3.8) is 0 Å². The molecule has 0 bridgehead atoms. The molecule has 0 fully saturated rings. The Kier molecular flexibility index (Phi) is 4.40. The lowest BCUT2D eigenvalue weighted by atomic mass is 10.0. The number of carbonyl (C=O) groups excluding carboxylic acids is 1. The molecule has 0 aliphatic heterocycles. The Hall–Kier alpha value is -0.880. The smallest absolute Gasteiger partial charge is 0.164 e. The van der Waals surface area contributed by atoms with Crippen LogP contribution in [0.15, 0.2) is 30.6 Å². The number of Topliss-reactive ketones (excluding diaryl/α,β-unsaturated/α-hetero) is 1. The van der Waals surface area contributed by atoms with Gasteiger partial charge in [-0.15, -0.1) is 0 Å². The number of rotatable bonds is 4. The topological polar surface area (TPSA) is 34.9 Å². The van der Waals surface area contributed by atoms with E-state index in [1.54, 1.807) is 23.0 Å². The van der Waals surface area contributed by atoms with Crippen LogP contribution in [-0.4, -0.2) is 15.6 Å². The first-order valence-corrected chi connectivity index (χ1v) is 6.97. The minimum atomic E-state index is 0.116.